The zero-order chi connectivity index (χ0) is 23.4. The van der Waals surface area contributed by atoms with Crippen molar-refractivity contribution in [3.8, 4) is 33.6 Å². The average molecular weight is 502 g/mol. The molecule has 1 N–H and O–H groups in total. The zero-order valence-corrected chi connectivity index (χ0v) is 20.4. The molecule has 0 aliphatic carbocycles. The van der Waals surface area contributed by atoms with Crippen LogP contribution in [-0.4, -0.2) is 37.3 Å². The molecule has 0 saturated carbocycles. The second-order valence-electron chi connectivity index (χ2n) is 6.65. The van der Waals surface area contributed by atoms with Crippen LogP contribution in [-0.2, 0) is 0 Å². The third-order valence-electron chi connectivity index (χ3n) is 4.61. The summed E-state index contributed by atoms with van der Waals surface area (Å²) in [5.41, 5.74) is 2.28. The maximum atomic E-state index is 10.2. The van der Waals surface area contributed by atoms with Crippen LogP contribution in [0, 0.1) is 0 Å². The lowest BCUT2D eigenvalue weighted by atomic mass is 10.2. The zero-order valence-electron chi connectivity index (χ0n) is 18.0. The van der Waals surface area contributed by atoms with Crippen molar-refractivity contribution >= 4 is 46.2 Å². The van der Waals surface area contributed by atoms with Crippen LogP contribution in [0.5, 0.6) is 23.0 Å². The predicted molar refractivity (Wildman–Crippen MR) is 133 cm³/mol. The van der Waals surface area contributed by atoms with Gasteiger partial charge in [-0.25, -0.2) is 9.67 Å². The van der Waals surface area contributed by atoms with Crippen molar-refractivity contribution < 1.29 is 19.3 Å². The summed E-state index contributed by atoms with van der Waals surface area (Å²) in [6.07, 6.45) is 1.65. The molecule has 0 atom stereocenters. The molecular weight excluding hydrogens is 482 g/mol. The first-order valence-corrected chi connectivity index (χ1v) is 11.7. The number of aromatic hydroxyl groups is 1. The molecule has 2 heterocycles. The van der Waals surface area contributed by atoms with Crippen molar-refractivity contribution in [2.24, 2.45) is 10.1 Å². The van der Waals surface area contributed by atoms with Gasteiger partial charge in [-0.1, -0.05) is 17.7 Å². The number of aromatic nitrogens is 1. The number of methoxy groups -OCH3 is 3. The Hall–Kier alpha value is -3.27. The van der Waals surface area contributed by atoms with Crippen molar-refractivity contribution in [1.82, 2.24) is 4.68 Å². The number of rotatable bonds is 7. The first-order valence-electron chi connectivity index (χ1n) is 9.66. The van der Waals surface area contributed by atoms with Crippen molar-refractivity contribution in [3.05, 3.63) is 68.6 Å². The largest absolute Gasteiger partial charge is 0.502 e. The minimum atomic E-state index is -0.0667. The van der Waals surface area contributed by atoms with E-state index in [1.165, 1.54) is 36.9 Å². The highest BCUT2D eigenvalue weighted by atomic mass is 35.5. The lowest BCUT2D eigenvalue weighted by Gasteiger charge is -2.09. The molecule has 170 valence electrons. The van der Waals surface area contributed by atoms with Gasteiger partial charge in [-0.3, -0.25) is 0 Å². The molecule has 4 aromatic rings. The number of benzene rings is 2. The molecule has 0 fully saturated rings. The van der Waals surface area contributed by atoms with Crippen LogP contribution in [0.2, 0.25) is 4.34 Å². The number of nitrogens with zero attached hydrogens (tertiary/aromatic N) is 3. The van der Waals surface area contributed by atoms with Crippen LogP contribution >= 0.6 is 34.3 Å². The Morgan fingerprint density at radius 2 is 1.76 bits per heavy atom. The van der Waals surface area contributed by atoms with Gasteiger partial charge in [-0.05, 0) is 36.4 Å². The summed E-state index contributed by atoms with van der Waals surface area (Å²) in [6.45, 7) is 0. The van der Waals surface area contributed by atoms with Gasteiger partial charge in [0, 0.05) is 17.0 Å². The van der Waals surface area contributed by atoms with Gasteiger partial charge >= 0.3 is 0 Å². The Morgan fingerprint density at radius 1 is 1.00 bits per heavy atom. The van der Waals surface area contributed by atoms with Crippen molar-refractivity contribution in [2.75, 3.05) is 21.3 Å². The van der Waals surface area contributed by atoms with Gasteiger partial charge in [-0.2, -0.15) is 5.10 Å². The monoisotopic (exact) mass is 501 g/mol. The van der Waals surface area contributed by atoms with Gasteiger partial charge in [0.05, 0.1) is 48.1 Å². The van der Waals surface area contributed by atoms with E-state index in [1.54, 1.807) is 30.1 Å². The van der Waals surface area contributed by atoms with E-state index in [1.807, 2.05) is 41.8 Å². The number of phenolic OH excluding ortho intramolecular Hbond substituents is 1. The molecule has 4 rings (SSSR count). The number of halogens is 1. The number of ether oxygens (including phenoxy) is 3. The molecule has 0 bridgehead atoms. The summed E-state index contributed by atoms with van der Waals surface area (Å²) in [5.74, 6) is 1.23. The fraction of sp³-hybridized carbons (Fsp3) is 0.130. The molecular formula is C23H20ClN3O4S2. The summed E-state index contributed by atoms with van der Waals surface area (Å²) in [6, 6.07) is 14.6. The molecule has 0 spiro atoms. The Labute approximate surface area is 203 Å². The second-order valence-corrected chi connectivity index (χ2v) is 9.20. The summed E-state index contributed by atoms with van der Waals surface area (Å²) in [4.78, 5) is 6.39. The van der Waals surface area contributed by atoms with E-state index >= 15 is 0 Å². The van der Waals surface area contributed by atoms with Crippen LogP contribution in [0.3, 0.4) is 0 Å². The number of thiazole rings is 1. The van der Waals surface area contributed by atoms with Crippen LogP contribution in [0.4, 0.5) is 5.69 Å². The summed E-state index contributed by atoms with van der Waals surface area (Å²) in [7, 11) is 4.58. The van der Waals surface area contributed by atoms with Gasteiger partial charge < -0.3 is 19.3 Å². The maximum Gasteiger partial charge on any atom is 0.211 e. The first kappa shape index (κ1) is 22.9. The Morgan fingerprint density at radius 3 is 2.39 bits per heavy atom. The molecule has 0 unspecified atom stereocenters. The molecule has 0 amide bonds. The van der Waals surface area contributed by atoms with Crippen molar-refractivity contribution in [2.45, 2.75) is 0 Å². The number of hydrogen-bond acceptors (Lipinski definition) is 8. The lowest BCUT2D eigenvalue weighted by molar-refractivity contribution is 0.340. The Kier molecular flexibility index (Phi) is 7.02. The van der Waals surface area contributed by atoms with Crippen molar-refractivity contribution in [3.63, 3.8) is 0 Å². The molecule has 33 heavy (non-hydrogen) atoms. The lowest BCUT2D eigenvalue weighted by Crippen LogP contribution is -2.11. The van der Waals surface area contributed by atoms with Gasteiger partial charge in [0.25, 0.3) is 0 Å². The number of hydrogen-bond donors (Lipinski definition) is 1. The van der Waals surface area contributed by atoms with E-state index in [2.05, 4.69) is 5.10 Å². The van der Waals surface area contributed by atoms with E-state index < -0.39 is 0 Å². The van der Waals surface area contributed by atoms with Crippen LogP contribution in [0.25, 0.3) is 10.6 Å². The maximum absolute atomic E-state index is 10.2. The SMILES string of the molecule is COc1cccc(N=c2scc(-c3ccc(Cl)s3)n2N=Cc2cc(OC)c(O)c(OC)c2)c1. The molecule has 0 aliphatic rings. The normalized spacial score (nSPS) is 11.8. The van der Waals surface area contributed by atoms with Crippen molar-refractivity contribution in [1.29, 1.82) is 0 Å². The highest BCUT2D eigenvalue weighted by Gasteiger charge is 2.12. The molecule has 0 radical (unpaired) electrons. The first-order chi connectivity index (χ1) is 16.0. The smallest absolute Gasteiger partial charge is 0.211 e. The highest BCUT2D eigenvalue weighted by molar-refractivity contribution is 7.19. The van der Waals surface area contributed by atoms with E-state index in [9.17, 15) is 5.11 Å². The number of thiophene rings is 1. The molecule has 0 saturated heterocycles. The molecule has 2 aromatic carbocycles. The highest BCUT2D eigenvalue weighted by Crippen LogP contribution is 2.37. The summed E-state index contributed by atoms with van der Waals surface area (Å²) >= 11 is 9.09. The fourth-order valence-corrected chi connectivity index (χ4v) is 4.98. The third-order valence-corrected chi connectivity index (χ3v) is 6.68. The minimum Gasteiger partial charge on any atom is -0.502 e. The summed E-state index contributed by atoms with van der Waals surface area (Å²) in [5, 5.41) is 16.8. The van der Waals surface area contributed by atoms with E-state index in [4.69, 9.17) is 30.8 Å². The molecule has 7 nitrogen and oxygen atoms in total. The predicted octanol–water partition coefficient (Wildman–Crippen LogP) is 5.78. The van der Waals surface area contributed by atoms with E-state index in [0.717, 1.165) is 22.0 Å². The van der Waals surface area contributed by atoms with Gasteiger partial charge in [-0.15, -0.1) is 22.7 Å². The molecule has 2 aromatic heterocycles. The van der Waals surface area contributed by atoms with Gasteiger partial charge in [0.2, 0.25) is 10.6 Å². The minimum absolute atomic E-state index is 0.0667. The fourth-order valence-electron chi connectivity index (χ4n) is 3.01. The molecule has 10 heteroatoms. The molecule has 0 aliphatic heterocycles. The Bertz CT molecular complexity index is 1350. The standard InChI is InChI=1S/C23H20ClN3O4S2/c1-29-16-6-4-5-15(11-16)26-23-27(17(13-32-23)20-7-8-21(24)33-20)25-12-14-9-18(30-2)22(28)19(10-14)31-3/h4-13,28H,1-3H3. The number of phenols is 1. The average Bonchev–Trinajstić information content (AvgIpc) is 3.44. The quantitative estimate of drug-likeness (QED) is 0.326. The van der Waals surface area contributed by atoms with Crippen LogP contribution in [0.1, 0.15) is 5.56 Å². The topological polar surface area (TPSA) is 77.6 Å². The second kappa shape index (κ2) is 10.1. The Balaban J connectivity index is 1.84. The van der Waals surface area contributed by atoms with E-state index in [0.29, 0.717) is 14.7 Å². The van der Waals surface area contributed by atoms with Gasteiger partial charge in [0.15, 0.2) is 11.5 Å². The van der Waals surface area contributed by atoms with Crippen LogP contribution in [0.15, 0.2) is 64.0 Å². The van der Waals surface area contributed by atoms with Crippen LogP contribution < -0.4 is 19.0 Å². The third kappa shape index (κ3) is 5.05. The summed E-state index contributed by atoms with van der Waals surface area (Å²) < 4.78 is 18.2. The van der Waals surface area contributed by atoms with E-state index in [-0.39, 0.29) is 17.2 Å². The van der Waals surface area contributed by atoms with Gasteiger partial charge in [0.1, 0.15) is 5.75 Å².